The molecule has 25 heavy (non-hydrogen) atoms. The van der Waals surface area contributed by atoms with Crippen LogP contribution < -0.4 is 5.32 Å². The number of unbranched alkanes of at least 4 members (excludes halogenated alkanes) is 1. The number of hydrogen-bond donors (Lipinski definition) is 2. The maximum absolute atomic E-state index is 12.5. The van der Waals surface area contributed by atoms with E-state index in [1.54, 1.807) is 10.9 Å². The summed E-state index contributed by atoms with van der Waals surface area (Å²) in [5.74, 6) is 8.35. The number of nitrogens with zero attached hydrogens (tertiary/aromatic N) is 3. The SMILES string of the molecule is O=C(Cn1cc(C#CCCCO)nn1)NC12CC3CC(CC(C3)C1)C2. The minimum Gasteiger partial charge on any atom is -0.396 e. The summed E-state index contributed by atoms with van der Waals surface area (Å²) in [5.41, 5.74) is 0.611. The molecule has 5 rings (SSSR count). The summed E-state index contributed by atoms with van der Waals surface area (Å²) in [4.78, 5) is 12.5. The molecule has 1 aromatic heterocycles. The molecular formula is C19H26N4O2. The van der Waals surface area contributed by atoms with Crippen molar-refractivity contribution in [1.82, 2.24) is 20.3 Å². The number of nitrogens with one attached hydrogen (secondary N) is 1. The molecular weight excluding hydrogens is 316 g/mol. The Kier molecular flexibility index (Phi) is 4.51. The molecule has 1 amide bonds. The minimum absolute atomic E-state index is 0.0339. The highest BCUT2D eigenvalue weighted by Gasteiger charge is 2.51. The number of aliphatic hydroxyl groups is 1. The summed E-state index contributed by atoms with van der Waals surface area (Å²) in [6, 6.07) is 0. The average Bonchev–Trinajstić information content (AvgIpc) is 2.97. The first-order chi connectivity index (χ1) is 12.1. The van der Waals surface area contributed by atoms with Crippen molar-refractivity contribution in [3.63, 3.8) is 0 Å². The summed E-state index contributed by atoms with van der Waals surface area (Å²) in [7, 11) is 0. The third-order valence-corrected chi connectivity index (χ3v) is 5.96. The van der Waals surface area contributed by atoms with Gasteiger partial charge in [-0.3, -0.25) is 4.79 Å². The van der Waals surface area contributed by atoms with Crippen LogP contribution in [0, 0.1) is 29.6 Å². The zero-order chi connectivity index (χ0) is 17.3. The van der Waals surface area contributed by atoms with Crippen LogP contribution in [-0.2, 0) is 11.3 Å². The van der Waals surface area contributed by atoms with Crippen molar-refractivity contribution in [2.24, 2.45) is 17.8 Å². The molecule has 0 spiro atoms. The fraction of sp³-hybridized carbons (Fsp3) is 0.737. The molecule has 2 N–H and O–H groups in total. The van der Waals surface area contributed by atoms with Crippen molar-refractivity contribution in [2.75, 3.05) is 6.61 Å². The van der Waals surface area contributed by atoms with Gasteiger partial charge in [-0.2, -0.15) is 0 Å². The number of carbonyl (C=O) groups is 1. The average molecular weight is 342 g/mol. The lowest BCUT2D eigenvalue weighted by atomic mass is 9.53. The Bertz CT molecular complexity index is 664. The van der Waals surface area contributed by atoms with E-state index in [0.717, 1.165) is 37.0 Å². The Morgan fingerprint density at radius 1 is 1.28 bits per heavy atom. The van der Waals surface area contributed by atoms with E-state index in [0.29, 0.717) is 18.5 Å². The van der Waals surface area contributed by atoms with Crippen molar-refractivity contribution in [2.45, 2.75) is 63.5 Å². The Labute approximate surface area is 148 Å². The van der Waals surface area contributed by atoms with Crippen LogP contribution in [-0.4, -0.2) is 38.2 Å². The lowest BCUT2D eigenvalue weighted by Crippen LogP contribution is -2.60. The fourth-order valence-electron chi connectivity index (χ4n) is 5.50. The highest BCUT2D eigenvalue weighted by Crippen LogP contribution is 2.55. The van der Waals surface area contributed by atoms with Gasteiger partial charge in [0.2, 0.25) is 5.91 Å². The first kappa shape index (κ1) is 16.6. The van der Waals surface area contributed by atoms with Crippen LogP contribution in [0.25, 0.3) is 0 Å². The van der Waals surface area contributed by atoms with Gasteiger partial charge in [0, 0.05) is 18.6 Å². The second-order valence-corrected chi connectivity index (χ2v) is 8.18. The van der Waals surface area contributed by atoms with Crippen LogP contribution >= 0.6 is 0 Å². The predicted octanol–water partition coefficient (Wildman–Crippen LogP) is 1.49. The van der Waals surface area contributed by atoms with Gasteiger partial charge in [-0.25, -0.2) is 4.68 Å². The normalized spacial score (nSPS) is 32.3. The van der Waals surface area contributed by atoms with E-state index >= 15 is 0 Å². The van der Waals surface area contributed by atoms with Crippen LogP contribution in [0.15, 0.2) is 6.20 Å². The molecule has 4 fully saturated rings. The summed E-state index contributed by atoms with van der Waals surface area (Å²) in [6.07, 6.45) is 10.6. The molecule has 6 nitrogen and oxygen atoms in total. The molecule has 1 aromatic rings. The van der Waals surface area contributed by atoms with Gasteiger partial charge in [-0.15, -0.1) is 5.10 Å². The molecule has 134 valence electrons. The molecule has 0 atom stereocenters. The van der Waals surface area contributed by atoms with E-state index in [-0.39, 0.29) is 24.6 Å². The van der Waals surface area contributed by atoms with Gasteiger partial charge >= 0.3 is 0 Å². The lowest BCUT2D eigenvalue weighted by Gasteiger charge is -2.56. The predicted molar refractivity (Wildman–Crippen MR) is 92.3 cm³/mol. The number of aromatic nitrogens is 3. The second-order valence-electron chi connectivity index (χ2n) is 8.18. The Morgan fingerprint density at radius 2 is 1.96 bits per heavy atom. The van der Waals surface area contributed by atoms with Crippen molar-refractivity contribution in [1.29, 1.82) is 0 Å². The fourth-order valence-corrected chi connectivity index (χ4v) is 5.50. The molecule has 4 saturated carbocycles. The van der Waals surface area contributed by atoms with E-state index < -0.39 is 0 Å². The molecule has 0 unspecified atom stereocenters. The summed E-state index contributed by atoms with van der Waals surface area (Å²) < 4.78 is 1.56. The number of rotatable bonds is 5. The number of carbonyl (C=O) groups excluding carboxylic acids is 1. The molecule has 0 aromatic carbocycles. The van der Waals surface area contributed by atoms with Gasteiger partial charge < -0.3 is 10.4 Å². The number of aliphatic hydroxyl groups excluding tert-OH is 1. The molecule has 0 aliphatic heterocycles. The lowest BCUT2D eigenvalue weighted by molar-refractivity contribution is -0.127. The van der Waals surface area contributed by atoms with Gasteiger partial charge in [0.25, 0.3) is 0 Å². The Hall–Kier alpha value is -1.87. The first-order valence-corrected chi connectivity index (χ1v) is 9.45. The van der Waals surface area contributed by atoms with Gasteiger partial charge in [0.15, 0.2) is 5.69 Å². The summed E-state index contributed by atoms with van der Waals surface area (Å²) >= 11 is 0. The van der Waals surface area contributed by atoms with E-state index in [9.17, 15) is 4.79 Å². The first-order valence-electron chi connectivity index (χ1n) is 9.45. The number of hydrogen-bond acceptors (Lipinski definition) is 4. The van der Waals surface area contributed by atoms with E-state index in [4.69, 9.17) is 5.11 Å². The molecule has 4 aliphatic carbocycles. The molecule has 0 radical (unpaired) electrons. The molecule has 4 aliphatic rings. The Morgan fingerprint density at radius 3 is 2.60 bits per heavy atom. The van der Waals surface area contributed by atoms with Crippen LogP contribution in [0.5, 0.6) is 0 Å². The standard InChI is InChI=1S/C19H26N4O2/c24-5-3-1-2-4-17-12-23(22-21-17)13-18(25)20-19-9-14-6-15(10-19)8-16(7-14)11-19/h12,14-16,24H,1,3,5-11,13H2,(H,20,25). The van der Waals surface area contributed by atoms with E-state index in [1.807, 2.05) is 0 Å². The van der Waals surface area contributed by atoms with E-state index in [1.165, 1.54) is 19.3 Å². The number of amides is 1. The van der Waals surface area contributed by atoms with Crippen LogP contribution in [0.4, 0.5) is 0 Å². The minimum atomic E-state index is 0.0339. The second kappa shape index (κ2) is 6.80. The monoisotopic (exact) mass is 342 g/mol. The summed E-state index contributed by atoms with van der Waals surface area (Å²) in [5, 5.41) is 20.1. The Balaban J connectivity index is 1.33. The van der Waals surface area contributed by atoms with Crippen LogP contribution in [0.3, 0.4) is 0 Å². The van der Waals surface area contributed by atoms with Gasteiger partial charge in [0.1, 0.15) is 6.54 Å². The highest BCUT2D eigenvalue weighted by molar-refractivity contribution is 5.76. The van der Waals surface area contributed by atoms with Crippen LogP contribution in [0.1, 0.15) is 57.1 Å². The van der Waals surface area contributed by atoms with Crippen molar-refractivity contribution >= 4 is 5.91 Å². The van der Waals surface area contributed by atoms with Crippen LogP contribution in [0.2, 0.25) is 0 Å². The highest BCUT2D eigenvalue weighted by atomic mass is 16.2. The van der Waals surface area contributed by atoms with Crippen molar-refractivity contribution in [3.8, 4) is 11.8 Å². The van der Waals surface area contributed by atoms with Gasteiger partial charge in [-0.1, -0.05) is 11.1 Å². The van der Waals surface area contributed by atoms with Crippen molar-refractivity contribution in [3.05, 3.63) is 11.9 Å². The smallest absolute Gasteiger partial charge is 0.242 e. The van der Waals surface area contributed by atoms with E-state index in [2.05, 4.69) is 27.5 Å². The molecule has 1 heterocycles. The zero-order valence-electron chi connectivity index (χ0n) is 14.6. The quantitative estimate of drug-likeness (QED) is 0.627. The topological polar surface area (TPSA) is 80.0 Å². The molecule has 4 bridgehead atoms. The third kappa shape index (κ3) is 3.72. The summed E-state index contributed by atoms with van der Waals surface area (Å²) in [6.45, 7) is 0.346. The maximum atomic E-state index is 12.5. The maximum Gasteiger partial charge on any atom is 0.242 e. The zero-order valence-corrected chi connectivity index (χ0v) is 14.6. The van der Waals surface area contributed by atoms with Crippen molar-refractivity contribution < 1.29 is 9.90 Å². The van der Waals surface area contributed by atoms with Gasteiger partial charge in [0.05, 0.1) is 6.20 Å². The molecule has 0 saturated heterocycles. The third-order valence-electron chi connectivity index (χ3n) is 5.96. The molecule has 6 heteroatoms. The van der Waals surface area contributed by atoms with Gasteiger partial charge in [-0.05, 0) is 68.6 Å². The largest absolute Gasteiger partial charge is 0.396 e.